The van der Waals surface area contributed by atoms with E-state index in [2.05, 4.69) is 20.0 Å². The Bertz CT molecular complexity index is 1220. The van der Waals surface area contributed by atoms with Crippen molar-refractivity contribution >= 4 is 38.1 Å². The van der Waals surface area contributed by atoms with E-state index in [4.69, 9.17) is 0 Å². The lowest BCUT2D eigenvalue weighted by molar-refractivity contribution is 0.583. The lowest BCUT2D eigenvalue weighted by Gasteiger charge is -2.11. The van der Waals surface area contributed by atoms with E-state index in [1.807, 2.05) is 48.7 Å². The predicted molar refractivity (Wildman–Crippen MR) is 118 cm³/mol. The molecule has 0 fully saturated rings. The third kappa shape index (κ3) is 4.45. The number of para-hydroxylation sites is 1. The Morgan fingerprint density at radius 3 is 2.48 bits per heavy atom. The summed E-state index contributed by atoms with van der Waals surface area (Å²) < 4.78 is 27.5. The molecule has 2 aromatic carbocycles. The Morgan fingerprint density at radius 1 is 0.931 bits per heavy atom. The van der Waals surface area contributed by atoms with Crippen molar-refractivity contribution in [2.45, 2.75) is 11.8 Å². The van der Waals surface area contributed by atoms with Gasteiger partial charge in [0.15, 0.2) is 5.82 Å². The van der Waals surface area contributed by atoms with Crippen LogP contribution in [0.1, 0.15) is 5.56 Å². The lowest BCUT2D eigenvalue weighted by atomic mass is 10.2. The summed E-state index contributed by atoms with van der Waals surface area (Å²) in [7, 11) is -3.54. The fourth-order valence-corrected chi connectivity index (χ4v) is 4.58. The topological polar surface area (TPSA) is 84.0 Å². The van der Waals surface area contributed by atoms with Gasteiger partial charge in [0.1, 0.15) is 5.82 Å². The fourth-order valence-electron chi connectivity index (χ4n) is 2.89. The number of anilines is 1. The molecule has 2 N–H and O–H groups in total. The van der Waals surface area contributed by atoms with Gasteiger partial charge in [-0.25, -0.2) is 23.1 Å². The van der Waals surface area contributed by atoms with Crippen LogP contribution in [-0.2, 0) is 10.0 Å². The Kier molecular flexibility index (Phi) is 5.57. The standard InChI is InChI=1S/C21H20N4O2S2/c1-15-8-10-16(11-9-15)29(26,27)23-13-12-22-20-17-5-2-3-6-18(17)24-21(25-20)19-7-4-14-28-19/h2-11,14,23H,12-13H2,1H3,(H,22,24,25). The minimum Gasteiger partial charge on any atom is -0.368 e. The number of benzene rings is 2. The molecule has 0 atom stereocenters. The van der Waals surface area contributed by atoms with Crippen molar-refractivity contribution in [1.82, 2.24) is 14.7 Å². The molecular formula is C21H20N4O2S2. The summed E-state index contributed by atoms with van der Waals surface area (Å²) >= 11 is 1.58. The average Bonchev–Trinajstić information content (AvgIpc) is 3.26. The largest absolute Gasteiger partial charge is 0.368 e. The number of rotatable bonds is 7. The van der Waals surface area contributed by atoms with Crippen LogP contribution in [-0.4, -0.2) is 31.5 Å². The number of aryl methyl sites for hydroxylation is 1. The number of nitrogens with zero attached hydrogens (tertiary/aromatic N) is 2. The average molecular weight is 425 g/mol. The minimum absolute atomic E-state index is 0.239. The highest BCUT2D eigenvalue weighted by molar-refractivity contribution is 7.89. The summed E-state index contributed by atoms with van der Waals surface area (Å²) in [5, 5.41) is 6.13. The van der Waals surface area contributed by atoms with E-state index < -0.39 is 10.0 Å². The zero-order valence-electron chi connectivity index (χ0n) is 15.8. The van der Waals surface area contributed by atoms with Gasteiger partial charge in [-0.1, -0.05) is 35.9 Å². The molecule has 29 heavy (non-hydrogen) atoms. The molecule has 0 aliphatic heterocycles. The van der Waals surface area contributed by atoms with Crippen molar-refractivity contribution in [1.29, 1.82) is 0 Å². The van der Waals surface area contributed by atoms with Gasteiger partial charge in [-0.05, 0) is 42.6 Å². The number of sulfonamides is 1. The highest BCUT2D eigenvalue weighted by Crippen LogP contribution is 2.27. The van der Waals surface area contributed by atoms with Gasteiger partial charge in [-0.3, -0.25) is 0 Å². The summed E-state index contributed by atoms with van der Waals surface area (Å²) in [5.74, 6) is 1.34. The first-order chi connectivity index (χ1) is 14.0. The number of thiophene rings is 1. The predicted octanol–water partition coefficient (Wildman–Crippen LogP) is 4.06. The van der Waals surface area contributed by atoms with E-state index in [9.17, 15) is 8.42 Å². The second kappa shape index (κ2) is 8.28. The van der Waals surface area contributed by atoms with Crippen LogP contribution in [0, 0.1) is 6.92 Å². The summed E-state index contributed by atoms with van der Waals surface area (Å²) in [5.41, 5.74) is 1.86. The summed E-state index contributed by atoms with van der Waals surface area (Å²) in [4.78, 5) is 10.5. The van der Waals surface area contributed by atoms with Crippen LogP contribution in [0.4, 0.5) is 5.82 Å². The fraction of sp³-hybridized carbons (Fsp3) is 0.143. The number of hydrogen-bond acceptors (Lipinski definition) is 6. The molecule has 6 nitrogen and oxygen atoms in total. The van der Waals surface area contributed by atoms with Gasteiger partial charge in [-0.2, -0.15) is 0 Å². The maximum Gasteiger partial charge on any atom is 0.240 e. The highest BCUT2D eigenvalue weighted by Gasteiger charge is 2.13. The van der Waals surface area contributed by atoms with Crippen molar-refractivity contribution in [3.05, 3.63) is 71.6 Å². The molecule has 0 unspecified atom stereocenters. The van der Waals surface area contributed by atoms with Gasteiger partial charge >= 0.3 is 0 Å². The first kappa shape index (κ1) is 19.5. The molecule has 0 aliphatic carbocycles. The quantitative estimate of drug-likeness (QED) is 0.437. The van der Waals surface area contributed by atoms with E-state index in [0.29, 0.717) is 18.2 Å². The second-order valence-corrected chi connectivity index (χ2v) is 9.24. The molecule has 2 heterocycles. The molecule has 148 valence electrons. The van der Waals surface area contributed by atoms with Gasteiger partial charge in [0.25, 0.3) is 0 Å². The normalized spacial score (nSPS) is 11.6. The third-order valence-corrected chi connectivity index (χ3v) is 6.73. The van der Waals surface area contributed by atoms with Crippen LogP contribution in [0.2, 0.25) is 0 Å². The second-order valence-electron chi connectivity index (χ2n) is 6.53. The smallest absolute Gasteiger partial charge is 0.240 e. The summed E-state index contributed by atoms with van der Waals surface area (Å²) in [6.07, 6.45) is 0. The molecule has 2 aromatic heterocycles. The molecule has 0 saturated carbocycles. The molecule has 0 saturated heterocycles. The monoisotopic (exact) mass is 424 g/mol. The van der Waals surface area contributed by atoms with Crippen LogP contribution in [0.3, 0.4) is 0 Å². The van der Waals surface area contributed by atoms with Crippen molar-refractivity contribution in [3.63, 3.8) is 0 Å². The molecular weight excluding hydrogens is 404 g/mol. The van der Waals surface area contributed by atoms with Crippen LogP contribution < -0.4 is 10.0 Å². The first-order valence-corrected chi connectivity index (χ1v) is 11.5. The van der Waals surface area contributed by atoms with Crippen LogP contribution in [0.25, 0.3) is 21.6 Å². The van der Waals surface area contributed by atoms with Crippen molar-refractivity contribution < 1.29 is 8.42 Å². The maximum absolute atomic E-state index is 12.4. The third-order valence-electron chi connectivity index (χ3n) is 4.39. The molecule has 0 spiro atoms. The van der Waals surface area contributed by atoms with Gasteiger partial charge in [0.2, 0.25) is 10.0 Å². The summed E-state index contributed by atoms with van der Waals surface area (Å²) in [6.45, 7) is 2.56. The zero-order chi connectivity index (χ0) is 20.3. The van der Waals surface area contributed by atoms with Crippen LogP contribution in [0.15, 0.2) is 70.9 Å². The lowest BCUT2D eigenvalue weighted by Crippen LogP contribution is -2.29. The summed E-state index contributed by atoms with van der Waals surface area (Å²) in [6, 6.07) is 18.5. The zero-order valence-corrected chi connectivity index (χ0v) is 17.4. The van der Waals surface area contributed by atoms with Crippen molar-refractivity contribution in [2.75, 3.05) is 18.4 Å². The number of hydrogen-bond donors (Lipinski definition) is 2. The Hall–Kier alpha value is -2.81. The van der Waals surface area contributed by atoms with Gasteiger partial charge in [-0.15, -0.1) is 11.3 Å². The molecule has 0 bridgehead atoms. The van der Waals surface area contributed by atoms with Gasteiger partial charge in [0, 0.05) is 18.5 Å². The van der Waals surface area contributed by atoms with E-state index in [0.717, 1.165) is 21.3 Å². The van der Waals surface area contributed by atoms with Crippen LogP contribution in [0.5, 0.6) is 0 Å². The van der Waals surface area contributed by atoms with E-state index in [1.165, 1.54) is 0 Å². The molecule has 8 heteroatoms. The number of fused-ring (bicyclic) bond motifs is 1. The highest BCUT2D eigenvalue weighted by atomic mass is 32.2. The van der Waals surface area contributed by atoms with Gasteiger partial charge in [0.05, 0.1) is 15.3 Å². The number of aromatic nitrogens is 2. The van der Waals surface area contributed by atoms with E-state index in [-0.39, 0.29) is 11.4 Å². The molecule has 4 aromatic rings. The Labute approximate surface area is 173 Å². The molecule has 0 aliphatic rings. The number of nitrogens with one attached hydrogen (secondary N) is 2. The Morgan fingerprint density at radius 2 is 1.72 bits per heavy atom. The minimum atomic E-state index is -3.54. The van der Waals surface area contributed by atoms with E-state index >= 15 is 0 Å². The van der Waals surface area contributed by atoms with Crippen molar-refractivity contribution in [2.24, 2.45) is 0 Å². The SMILES string of the molecule is Cc1ccc(S(=O)(=O)NCCNc2nc(-c3cccs3)nc3ccccc23)cc1. The molecule has 0 amide bonds. The molecule has 4 rings (SSSR count). The van der Waals surface area contributed by atoms with Crippen molar-refractivity contribution in [3.8, 4) is 10.7 Å². The van der Waals surface area contributed by atoms with Gasteiger partial charge < -0.3 is 5.32 Å². The maximum atomic E-state index is 12.4. The van der Waals surface area contributed by atoms with Crippen LogP contribution >= 0.6 is 11.3 Å². The Balaban J connectivity index is 1.49. The first-order valence-electron chi connectivity index (χ1n) is 9.14. The molecule has 0 radical (unpaired) electrons. The van der Waals surface area contributed by atoms with E-state index in [1.54, 1.807) is 35.6 Å².